The molecule has 0 unspecified atom stereocenters. The van der Waals surface area contributed by atoms with Crippen LogP contribution in [0.4, 0.5) is 0 Å². The van der Waals surface area contributed by atoms with Crippen LogP contribution in [-0.4, -0.2) is 5.97 Å². The monoisotopic (exact) mass is 280 g/mol. The van der Waals surface area contributed by atoms with Crippen LogP contribution in [0.25, 0.3) is 12.2 Å². The van der Waals surface area contributed by atoms with E-state index in [2.05, 4.69) is 6.58 Å². The molecule has 0 aliphatic heterocycles. The minimum Gasteiger partial charge on any atom is -0.423 e. The highest BCUT2D eigenvalue weighted by atomic mass is 16.5. The lowest BCUT2D eigenvalue weighted by Gasteiger charge is -2.03. The van der Waals surface area contributed by atoms with Gasteiger partial charge < -0.3 is 4.74 Å². The van der Waals surface area contributed by atoms with Gasteiger partial charge in [-0.25, -0.2) is 9.36 Å². The van der Waals surface area contributed by atoms with Crippen LogP contribution < -0.4 is 9.30 Å². The number of ether oxygens (including phenoxy) is 1. The smallest absolute Gasteiger partial charge is 0.338 e. The van der Waals surface area contributed by atoms with E-state index in [1.807, 2.05) is 60.4 Å². The van der Waals surface area contributed by atoms with Crippen molar-refractivity contribution in [3.05, 3.63) is 72.1 Å². The van der Waals surface area contributed by atoms with Gasteiger partial charge in [0.15, 0.2) is 12.4 Å². The van der Waals surface area contributed by atoms with Crippen LogP contribution in [0.5, 0.6) is 5.75 Å². The molecule has 0 amide bonds. The van der Waals surface area contributed by atoms with Crippen molar-refractivity contribution in [3.63, 3.8) is 0 Å². The Bertz CT molecular complexity index is 667. The zero-order valence-corrected chi connectivity index (χ0v) is 12.2. The van der Waals surface area contributed by atoms with Gasteiger partial charge in [-0.3, -0.25) is 0 Å². The minimum absolute atomic E-state index is 0.385. The van der Waals surface area contributed by atoms with E-state index in [4.69, 9.17) is 4.74 Å². The second kappa shape index (κ2) is 6.66. The number of carbonyl (C=O) groups excluding carboxylic acids is 1. The molecule has 2 rings (SSSR count). The molecule has 0 N–H and O–H groups in total. The number of aryl methyl sites for hydroxylation is 1. The quantitative estimate of drug-likeness (QED) is 0.373. The molecule has 0 atom stereocenters. The summed E-state index contributed by atoms with van der Waals surface area (Å²) in [4.78, 5) is 11.4. The number of rotatable bonds is 4. The number of aromatic nitrogens is 1. The fraction of sp³-hybridized carbons (Fsp3) is 0.111. The van der Waals surface area contributed by atoms with E-state index in [1.54, 1.807) is 19.1 Å². The number of carbonyl (C=O) groups is 1. The van der Waals surface area contributed by atoms with E-state index >= 15 is 0 Å². The van der Waals surface area contributed by atoms with Crippen molar-refractivity contribution in [1.82, 2.24) is 0 Å². The van der Waals surface area contributed by atoms with Crippen LogP contribution in [-0.2, 0) is 11.8 Å². The maximum Gasteiger partial charge on any atom is 0.338 e. The number of benzene rings is 1. The summed E-state index contributed by atoms with van der Waals surface area (Å²) < 4.78 is 7.13. The van der Waals surface area contributed by atoms with Gasteiger partial charge in [0.05, 0.1) is 0 Å². The van der Waals surface area contributed by atoms with Crippen molar-refractivity contribution >= 4 is 18.1 Å². The van der Waals surface area contributed by atoms with Gasteiger partial charge in [-0.1, -0.05) is 30.9 Å². The van der Waals surface area contributed by atoms with E-state index in [-0.39, 0.29) is 0 Å². The highest BCUT2D eigenvalue weighted by molar-refractivity contribution is 5.88. The number of esters is 1. The standard InChI is InChI=1S/C18H18NO2/c1-14(2)18(20)21-17-8-6-15(7-9-17)4-5-16-10-12-19(3)13-11-16/h4-13H,1H2,2-3H3/q+1/b5-4+. The minimum atomic E-state index is -0.407. The molecule has 0 saturated carbocycles. The Morgan fingerprint density at radius 3 is 2.10 bits per heavy atom. The molecular weight excluding hydrogens is 262 g/mol. The normalized spacial score (nSPS) is 10.6. The summed E-state index contributed by atoms with van der Waals surface area (Å²) in [5.41, 5.74) is 2.56. The lowest BCUT2D eigenvalue weighted by molar-refractivity contribution is -0.671. The van der Waals surface area contributed by atoms with E-state index in [0.717, 1.165) is 11.1 Å². The summed E-state index contributed by atoms with van der Waals surface area (Å²) in [5, 5.41) is 0. The first kappa shape index (κ1) is 14.7. The first-order valence-corrected chi connectivity index (χ1v) is 6.66. The Morgan fingerprint density at radius 1 is 1.05 bits per heavy atom. The summed E-state index contributed by atoms with van der Waals surface area (Å²) in [6, 6.07) is 11.4. The van der Waals surface area contributed by atoms with Crippen LogP contribution in [0.1, 0.15) is 18.1 Å². The van der Waals surface area contributed by atoms with Crippen molar-refractivity contribution in [2.45, 2.75) is 6.92 Å². The van der Waals surface area contributed by atoms with Gasteiger partial charge in [-0.2, -0.15) is 0 Å². The predicted octanol–water partition coefficient (Wildman–Crippen LogP) is 3.16. The van der Waals surface area contributed by atoms with Crippen LogP contribution in [0, 0.1) is 0 Å². The number of pyridine rings is 1. The average Bonchev–Trinajstić information content (AvgIpc) is 2.48. The molecule has 1 aromatic carbocycles. The Kier molecular flexibility index (Phi) is 4.67. The molecule has 21 heavy (non-hydrogen) atoms. The van der Waals surface area contributed by atoms with Gasteiger partial charge in [0.2, 0.25) is 0 Å². The van der Waals surface area contributed by atoms with E-state index in [9.17, 15) is 4.79 Å². The topological polar surface area (TPSA) is 30.2 Å². The molecule has 0 spiro atoms. The van der Waals surface area contributed by atoms with Gasteiger partial charge >= 0.3 is 5.97 Å². The van der Waals surface area contributed by atoms with Crippen molar-refractivity contribution in [1.29, 1.82) is 0 Å². The Hall–Kier alpha value is -2.68. The third kappa shape index (κ3) is 4.42. The average molecular weight is 280 g/mol. The molecule has 2 aromatic rings. The second-order valence-electron chi connectivity index (χ2n) is 4.87. The van der Waals surface area contributed by atoms with Crippen molar-refractivity contribution in [2.75, 3.05) is 0 Å². The third-order valence-corrected chi connectivity index (χ3v) is 2.91. The molecule has 0 bridgehead atoms. The predicted molar refractivity (Wildman–Crippen MR) is 83.4 cm³/mol. The first-order valence-electron chi connectivity index (χ1n) is 6.66. The Morgan fingerprint density at radius 2 is 1.57 bits per heavy atom. The van der Waals surface area contributed by atoms with Gasteiger partial charge in [-0.15, -0.1) is 0 Å². The summed E-state index contributed by atoms with van der Waals surface area (Å²) in [6.45, 7) is 5.17. The van der Waals surface area contributed by atoms with Crippen molar-refractivity contribution in [3.8, 4) is 5.75 Å². The highest BCUT2D eigenvalue weighted by Crippen LogP contribution is 2.15. The van der Waals surface area contributed by atoms with Crippen LogP contribution >= 0.6 is 0 Å². The molecule has 3 heteroatoms. The molecule has 0 radical (unpaired) electrons. The maximum absolute atomic E-state index is 11.4. The van der Waals surface area contributed by atoms with Gasteiger partial charge in [-0.05, 0) is 30.2 Å². The van der Waals surface area contributed by atoms with E-state index in [1.165, 1.54) is 0 Å². The van der Waals surface area contributed by atoms with Gasteiger partial charge in [0.1, 0.15) is 12.8 Å². The molecule has 0 saturated heterocycles. The fourth-order valence-electron chi connectivity index (χ4n) is 1.66. The number of hydrogen-bond acceptors (Lipinski definition) is 2. The van der Waals surface area contributed by atoms with Crippen LogP contribution in [0.15, 0.2) is 60.9 Å². The lowest BCUT2D eigenvalue weighted by Crippen LogP contribution is -2.25. The molecule has 1 heterocycles. The van der Waals surface area contributed by atoms with E-state index in [0.29, 0.717) is 11.3 Å². The Labute approximate surface area is 124 Å². The van der Waals surface area contributed by atoms with Crippen molar-refractivity contribution < 1.29 is 14.1 Å². The molecule has 0 aliphatic rings. The second-order valence-corrected chi connectivity index (χ2v) is 4.87. The van der Waals surface area contributed by atoms with Crippen LogP contribution in [0.2, 0.25) is 0 Å². The number of hydrogen-bond donors (Lipinski definition) is 0. The lowest BCUT2D eigenvalue weighted by atomic mass is 10.1. The SMILES string of the molecule is C=C(C)C(=O)Oc1ccc(/C=C/c2cc[n+](C)cc2)cc1. The van der Waals surface area contributed by atoms with Gasteiger partial charge in [0, 0.05) is 17.7 Å². The summed E-state index contributed by atoms with van der Waals surface area (Å²) in [5.74, 6) is 0.113. The number of nitrogens with zero attached hydrogens (tertiary/aromatic N) is 1. The Balaban J connectivity index is 2.03. The zero-order chi connectivity index (χ0) is 15.2. The fourth-order valence-corrected chi connectivity index (χ4v) is 1.66. The highest BCUT2D eigenvalue weighted by Gasteiger charge is 2.04. The molecule has 3 nitrogen and oxygen atoms in total. The molecule has 1 aromatic heterocycles. The molecular formula is C18H18NO2+. The largest absolute Gasteiger partial charge is 0.423 e. The summed E-state index contributed by atoms with van der Waals surface area (Å²) in [7, 11) is 1.98. The summed E-state index contributed by atoms with van der Waals surface area (Å²) in [6.07, 6.45) is 8.05. The van der Waals surface area contributed by atoms with Crippen molar-refractivity contribution in [2.24, 2.45) is 7.05 Å². The summed E-state index contributed by atoms with van der Waals surface area (Å²) >= 11 is 0. The third-order valence-electron chi connectivity index (χ3n) is 2.91. The van der Waals surface area contributed by atoms with Gasteiger partial charge in [0.25, 0.3) is 0 Å². The molecule has 0 fully saturated rings. The van der Waals surface area contributed by atoms with E-state index < -0.39 is 5.97 Å². The molecule has 106 valence electrons. The molecule has 0 aliphatic carbocycles. The zero-order valence-electron chi connectivity index (χ0n) is 12.2. The van der Waals surface area contributed by atoms with Crippen LogP contribution in [0.3, 0.4) is 0 Å². The maximum atomic E-state index is 11.4. The first-order chi connectivity index (χ1) is 10.0.